The van der Waals surface area contributed by atoms with Gasteiger partial charge in [0.25, 0.3) is 0 Å². The first-order valence-corrected chi connectivity index (χ1v) is 5.17. The van der Waals surface area contributed by atoms with Crippen molar-refractivity contribution in [1.29, 1.82) is 0 Å². The van der Waals surface area contributed by atoms with Gasteiger partial charge in [-0.3, -0.25) is 4.79 Å². The molecule has 1 rings (SSSR count). The molecular formula is C10H13Cl3N2O. The van der Waals surface area contributed by atoms with Crippen LogP contribution in [-0.4, -0.2) is 24.4 Å². The third kappa shape index (κ3) is 4.58. The zero-order chi connectivity index (χ0) is 11.4. The van der Waals surface area contributed by atoms with E-state index in [1.165, 1.54) is 4.90 Å². The third-order valence-electron chi connectivity index (χ3n) is 1.94. The monoisotopic (exact) mass is 282 g/mol. The molecule has 0 spiro atoms. The van der Waals surface area contributed by atoms with Gasteiger partial charge in [0.2, 0.25) is 5.91 Å². The highest BCUT2D eigenvalue weighted by Gasteiger charge is 2.07. The average Bonchev–Trinajstić information content (AvgIpc) is 2.14. The van der Waals surface area contributed by atoms with E-state index in [4.69, 9.17) is 28.9 Å². The Labute approximate surface area is 111 Å². The number of carbonyl (C=O) groups is 1. The van der Waals surface area contributed by atoms with Crippen LogP contribution in [0.3, 0.4) is 0 Å². The number of nitrogens with zero attached hydrogens (tertiary/aromatic N) is 1. The number of rotatable bonds is 3. The second-order valence-electron chi connectivity index (χ2n) is 3.23. The summed E-state index contributed by atoms with van der Waals surface area (Å²) in [6, 6.07) is 5.19. The van der Waals surface area contributed by atoms with E-state index in [0.717, 1.165) is 5.56 Å². The van der Waals surface area contributed by atoms with Crippen LogP contribution in [0.25, 0.3) is 0 Å². The number of halogens is 3. The number of hydrogen-bond acceptors (Lipinski definition) is 2. The second-order valence-corrected chi connectivity index (χ2v) is 4.10. The van der Waals surface area contributed by atoms with Crippen LogP contribution in [0.2, 0.25) is 10.0 Å². The number of carbonyl (C=O) groups excluding carboxylic acids is 1. The highest BCUT2D eigenvalue weighted by Crippen LogP contribution is 2.19. The Hall–Kier alpha value is -0.480. The van der Waals surface area contributed by atoms with Crippen molar-refractivity contribution < 1.29 is 4.79 Å². The zero-order valence-corrected chi connectivity index (χ0v) is 11.1. The Morgan fingerprint density at radius 2 is 1.81 bits per heavy atom. The van der Waals surface area contributed by atoms with Gasteiger partial charge in [-0.05, 0) is 23.8 Å². The molecule has 3 nitrogen and oxygen atoms in total. The minimum absolute atomic E-state index is 0. The van der Waals surface area contributed by atoms with E-state index in [9.17, 15) is 4.79 Å². The summed E-state index contributed by atoms with van der Waals surface area (Å²) in [7, 11) is 1.68. The molecule has 0 radical (unpaired) electrons. The molecule has 1 aromatic rings. The standard InChI is InChI=1S/C10H12Cl2N2O.ClH/c1-14(10(15)5-13)6-7-2-8(11)4-9(12)3-7;/h2-4H,5-6,13H2,1H3;1H. The molecule has 0 aliphatic rings. The predicted octanol–water partition coefficient (Wildman–Crippen LogP) is 2.33. The van der Waals surface area contributed by atoms with Crippen LogP contribution in [0.15, 0.2) is 18.2 Å². The Morgan fingerprint density at radius 3 is 2.25 bits per heavy atom. The van der Waals surface area contributed by atoms with Gasteiger partial charge >= 0.3 is 0 Å². The molecule has 0 heterocycles. The van der Waals surface area contributed by atoms with Crippen molar-refractivity contribution in [2.45, 2.75) is 6.54 Å². The largest absolute Gasteiger partial charge is 0.340 e. The van der Waals surface area contributed by atoms with Gasteiger partial charge in [-0.2, -0.15) is 0 Å². The number of hydrogen-bond donors (Lipinski definition) is 1. The fourth-order valence-electron chi connectivity index (χ4n) is 1.22. The van der Waals surface area contributed by atoms with E-state index in [1.54, 1.807) is 25.2 Å². The van der Waals surface area contributed by atoms with Crippen molar-refractivity contribution in [3.8, 4) is 0 Å². The first-order valence-electron chi connectivity index (χ1n) is 4.42. The Balaban J connectivity index is 0.00000225. The Bertz CT molecular complexity index is 351. The summed E-state index contributed by atoms with van der Waals surface area (Å²) in [6.07, 6.45) is 0. The molecule has 6 heteroatoms. The van der Waals surface area contributed by atoms with Gasteiger partial charge in [-0.1, -0.05) is 23.2 Å². The lowest BCUT2D eigenvalue weighted by molar-refractivity contribution is -0.128. The molecule has 16 heavy (non-hydrogen) atoms. The summed E-state index contributed by atoms with van der Waals surface area (Å²) < 4.78 is 0. The smallest absolute Gasteiger partial charge is 0.236 e. The predicted molar refractivity (Wildman–Crippen MR) is 69.2 cm³/mol. The molecule has 0 aliphatic carbocycles. The van der Waals surface area contributed by atoms with Gasteiger partial charge in [0, 0.05) is 23.6 Å². The molecule has 0 bridgehead atoms. The highest BCUT2D eigenvalue weighted by molar-refractivity contribution is 6.34. The molecule has 0 aliphatic heterocycles. The number of benzene rings is 1. The lowest BCUT2D eigenvalue weighted by Gasteiger charge is -2.16. The molecule has 1 amide bonds. The third-order valence-corrected chi connectivity index (χ3v) is 2.38. The maximum absolute atomic E-state index is 11.2. The molecule has 0 saturated heterocycles. The first-order chi connectivity index (χ1) is 7.02. The maximum atomic E-state index is 11.2. The Morgan fingerprint density at radius 1 is 1.31 bits per heavy atom. The summed E-state index contributed by atoms with van der Waals surface area (Å²) in [5.41, 5.74) is 6.13. The molecule has 0 fully saturated rings. The highest BCUT2D eigenvalue weighted by atomic mass is 35.5. The first kappa shape index (κ1) is 15.5. The fraction of sp³-hybridized carbons (Fsp3) is 0.300. The molecular weight excluding hydrogens is 270 g/mol. The van der Waals surface area contributed by atoms with E-state index >= 15 is 0 Å². The van der Waals surface area contributed by atoms with Crippen LogP contribution in [-0.2, 0) is 11.3 Å². The van der Waals surface area contributed by atoms with Crippen LogP contribution < -0.4 is 5.73 Å². The lowest BCUT2D eigenvalue weighted by Crippen LogP contribution is -2.32. The summed E-state index contributed by atoms with van der Waals surface area (Å²) in [6.45, 7) is 0.459. The molecule has 0 saturated carbocycles. The van der Waals surface area contributed by atoms with Gasteiger partial charge < -0.3 is 10.6 Å². The number of amides is 1. The Kier molecular flexibility index (Phi) is 6.76. The topological polar surface area (TPSA) is 46.3 Å². The number of nitrogens with two attached hydrogens (primary N) is 1. The van der Waals surface area contributed by atoms with Gasteiger partial charge in [0.15, 0.2) is 0 Å². The van der Waals surface area contributed by atoms with Crippen LogP contribution in [0.4, 0.5) is 0 Å². The second kappa shape index (κ2) is 6.97. The van der Waals surface area contributed by atoms with Crippen molar-refractivity contribution >= 4 is 41.5 Å². The summed E-state index contributed by atoms with van der Waals surface area (Å²) in [5.74, 6) is -0.119. The van der Waals surface area contributed by atoms with Crippen LogP contribution in [0, 0.1) is 0 Å². The van der Waals surface area contributed by atoms with Gasteiger partial charge in [0.05, 0.1) is 6.54 Å². The van der Waals surface area contributed by atoms with Crippen LogP contribution in [0.1, 0.15) is 5.56 Å². The van der Waals surface area contributed by atoms with Crippen molar-refractivity contribution in [1.82, 2.24) is 4.90 Å². The van der Waals surface area contributed by atoms with E-state index in [2.05, 4.69) is 0 Å². The average molecular weight is 284 g/mol. The molecule has 0 aromatic heterocycles. The van der Waals surface area contributed by atoms with Gasteiger partial charge in [0.1, 0.15) is 0 Å². The molecule has 90 valence electrons. The number of likely N-dealkylation sites (N-methyl/N-ethyl adjacent to an activating group) is 1. The molecule has 2 N–H and O–H groups in total. The van der Waals surface area contributed by atoms with E-state index in [1.807, 2.05) is 0 Å². The van der Waals surface area contributed by atoms with E-state index < -0.39 is 0 Å². The van der Waals surface area contributed by atoms with Crippen molar-refractivity contribution in [3.05, 3.63) is 33.8 Å². The van der Waals surface area contributed by atoms with Gasteiger partial charge in [-0.15, -0.1) is 12.4 Å². The van der Waals surface area contributed by atoms with Crippen molar-refractivity contribution in [3.63, 3.8) is 0 Å². The van der Waals surface area contributed by atoms with Crippen LogP contribution in [0.5, 0.6) is 0 Å². The zero-order valence-electron chi connectivity index (χ0n) is 8.74. The minimum atomic E-state index is -0.119. The maximum Gasteiger partial charge on any atom is 0.236 e. The fourth-order valence-corrected chi connectivity index (χ4v) is 1.79. The quantitative estimate of drug-likeness (QED) is 0.925. The van der Waals surface area contributed by atoms with E-state index in [0.29, 0.717) is 16.6 Å². The molecule has 0 unspecified atom stereocenters. The lowest BCUT2D eigenvalue weighted by atomic mass is 10.2. The molecule has 1 aromatic carbocycles. The SMILES string of the molecule is CN(Cc1cc(Cl)cc(Cl)c1)C(=O)CN.Cl. The van der Waals surface area contributed by atoms with E-state index in [-0.39, 0.29) is 24.9 Å². The van der Waals surface area contributed by atoms with Crippen LogP contribution >= 0.6 is 35.6 Å². The summed E-state index contributed by atoms with van der Waals surface area (Å²) in [5, 5.41) is 1.12. The van der Waals surface area contributed by atoms with Crippen molar-refractivity contribution in [2.75, 3.05) is 13.6 Å². The molecule has 0 atom stereocenters. The van der Waals surface area contributed by atoms with Crippen molar-refractivity contribution in [2.24, 2.45) is 5.73 Å². The summed E-state index contributed by atoms with van der Waals surface area (Å²) in [4.78, 5) is 12.8. The normalized spacial score (nSPS) is 9.50. The minimum Gasteiger partial charge on any atom is -0.340 e. The summed E-state index contributed by atoms with van der Waals surface area (Å²) >= 11 is 11.7. The van der Waals surface area contributed by atoms with Gasteiger partial charge in [-0.25, -0.2) is 0 Å².